The zero-order valence-corrected chi connectivity index (χ0v) is 8.40. The van der Waals surface area contributed by atoms with Gasteiger partial charge >= 0.3 is 0 Å². The highest BCUT2D eigenvalue weighted by Gasteiger charge is 2.18. The molecule has 0 amide bonds. The minimum absolute atomic E-state index is 0.701. The molecule has 2 aromatic heterocycles. The Kier molecular flexibility index (Phi) is 1.63. The number of hydrogen-bond acceptors (Lipinski definition) is 1. The van der Waals surface area contributed by atoms with Gasteiger partial charge in [-0.15, -0.1) is 0 Å². The summed E-state index contributed by atoms with van der Waals surface area (Å²) in [6, 6.07) is 6.52. The van der Waals surface area contributed by atoms with Gasteiger partial charge in [-0.2, -0.15) is 5.10 Å². The molecule has 0 N–H and O–H groups in total. The van der Waals surface area contributed by atoms with Gasteiger partial charge in [0, 0.05) is 11.9 Å². The maximum absolute atomic E-state index is 4.38. The molecule has 1 aliphatic rings. The molecular weight excluding hydrogens is 172 g/mol. The van der Waals surface area contributed by atoms with Crippen molar-refractivity contribution in [2.45, 2.75) is 32.1 Å². The average molecular weight is 186 g/mol. The summed E-state index contributed by atoms with van der Waals surface area (Å²) in [5.74, 6) is 0.701. The van der Waals surface area contributed by atoms with Crippen LogP contribution in [0.25, 0.3) is 5.52 Å². The molecule has 0 saturated carbocycles. The van der Waals surface area contributed by atoms with Crippen molar-refractivity contribution < 1.29 is 0 Å². The molecule has 0 aliphatic heterocycles. The van der Waals surface area contributed by atoms with Crippen LogP contribution in [0.4, 0.5) is 0 Å². The van der Waals surface area contributed by atoms with Gasteiger partial charge in [-0.25, -0.2) is 4.52 Å². The Morgan fingerprint density at radius 1 is 1.36 bits per heavy atom. The number of aromatic nitrogens is 2. The van der Waals surface area contributed by atoms with Gasteiger partial charge in [-0.1, -0.05) is 13.0 Å². The fraction of sp³-hybridized carbons (Fsp3) is 0.417. The minimum atomic E-state index is 0.701. The molecule has 0 bridgehead atoms. The summed E-state index contributed by atoms with van der Waals surface area (Å²) < 4.78 is 2.10. The fourth-order valence-electron chi connectivity index (χ4n) is 2.49. The lowest BCUT2D eigenvalue weighted by Gasteiger charge is -2.22. The Labute approximate surface area is 83.6 Å². The molecule has 1 aliphatic carbocycles. The number of fused-ring (bicyclic) bond motifs is 3. The maximum atomic E-state index is 4.38. The first kappa shape index (κ1) is 8.04. The first-order valence-electron chi connectivity index (χ1n) is 5.32. The lowest BCUT2D eigenvalue weighted by molar-refractivity contribution is 0.567. The molecule has 0 radical (unpaired) electrons. The molecule has 3 rings (SSSR count). The fourth-order valence-corrected chi connectivity index (χ4v) is 2.49. The Balaban J connectivity index is 2.32. The van der Waals surface area contributed by atoms with Crippen molar-refractivity contribution in [3.05, 3.63) is 35.7 Å². The van der Waals surface area contributed by atoms with Gasteiger partial charge in [0.15, 0.2) is 0 Å². The largest absolute Gasteiger partial charge is 0.238 e. The van der Waals surface area contributed by atoms with Crippen LogP contribution >= 0.6 is 0 Å². The van der Waals surface area contributed by atoms with E-state index < -0.39 is 0 Å². The number of nitrogens with zero attached hydrogens (tertiary/aromatic N) is 2. The smallest absolute Gasteiger partial charge is 0.0664 e. The van der Waals surface area contributed by atoms with Crippen molar-refractivity contribution in [3.63, 3.8) is 0 Å². The van der Waals surface area contributed by atoms with Crippen LogP contribution in [0.5, 0.6) is 0 Å². The van der Waals surface area contributed by atoms with E-state index in [0.29, 0.717) is 5.92 Å². The second kappa shape index (κ2) is 2.84. The van der Waals surface area contributed by atoms with Crippen LogP contribution in [0, 0.1) is 0 Å². The zero-order valence-electron chi connectivity index (χ0n) is 8.40. The van der Waals surface area contributed by atoms with Gasteiger partial charge in [-0.3, -0.25) is 0 Å². The summed E-state index contributed by atoms with van der Waals surface area (Å²) in [6.45, 7) is 2.31. The van der Waals surface area contributed by atoms with Crippen LogP contribution in [0.2, 0.25) is 0 Å². The molecule has 0 saturated heterocycles. The standard InChI is InChI=1S/C12H14N2/c1-9-3-2-4-12-11(9)6-5-10-7-8-13-14(10)12/h5-9H,2-4H2,1H3. The van der Waals surface area contributed by atoms with Crippen LogP contribution in [0.1, 0.15) is 36.9 Å². The third-order valence-electron chi connectivity index (χ3n) is 3.28. The van der Waals surface area contributed by atoms with E-state index in [9.17, 15) is 0 Å². The Morgan fingerprint density at radius 3 is 3.21 bits per heavy atom. The van der Waals surface area contributed by atoms with E-state index in [-0.39, 0.29) is 0 Å². The second-order valence-corrected chi connectivity index (χ2v) is 4.20. The van der Waals surface area contributed by atoms with Crippen molar-refractivity contribution in [3.8, 4) is 0 Å². The molecule has 2 aromatic rings. The molecule has 2 heteroatoms. The van der Waals surface area contributed by atoms with Crippen LogP contribution in [0.3, 0.4) is 0 Å². The van der Waals surface area contributed by atoms with E-state index in [1.54, 1.807) is 0 Å². The van der Waals surface area contributed by atoms with Crippen molar-refractivity contribution in [1.82, 2.24) is 9.61 Å². The summed E-state index contributed by atoms with van der Waals surface area (Å²) in [4.78, 5) is 0. The van der Waals surface area contributed by atoms with Gasteiger partial charge in [0.25, 0.3) is 0 Å². The lowest BCUT2D eigenvalue weighted by atomic mass is 9.87. The van der Waals surface area contributed by atoms with Gasteiger partial charge in [0.1, 0.15) is 0 Å². The van der Waals surface area contributed by atoms with Crippen molar-refractivity contribution in [1.29, 1.82) is 0 Å². The number of pyridine rings is 1. The summed E-state index contributed by atoms with van der Waals surface area (Å²) in [5.41, 5.74) is 4.14. The summed E-state index contributed by atoms with van der Waals surface area (Å²) in [6.07, 6.45) is 5.68. The van der Waals surface area contributed by atoms with E-state index in [2.05, 4.69) is 34.7 Å². The quantitative estimate of drug-likeness (QED) is 0.618. The van der Waals surface area contributed by atoms with Gasteiger partial charge in [-0.05, 0) is 42.9 Å². The highest BCUT2D eigenvalue weighted by molar-refractivity contribution is 5.49. The summed E-state index contributed by atoms with van der Waals surface area (Å²) >= 11 is 0. The van der Waals surface area contributed by atoms with E-state index in [4.69, 9.17) is 0 Å². The first-order chi connectivity index (χ1) is 6.86. The Hall–Kier alpha value is -1.31. The minimum Gasteiger partial charge on any atom is -0.238 e. The van der Waals surface area contributed by atoms with Gasteiger partial charge in [0.2, 0.25) is 0 Å². The maximum Gasteiger partial charge on any atom is 0.0664 e. The predicted octanol–water partition coefficient (Wildman–Crippen LogP) is 2.77. The molecule has 14 heavy (non-hydrogen) atoms. The molecule has 0 spiro atoms. The van der Waals surface area contributed by atoms with Crippen LogP contribution in [-0.4, -0.2) is 9.61 Å². The number of rotatable bonds is 0. The molecule has 2 heterocycles. The summed E-state index contributed by atoms with van der Waals surface area (Å²) in [5, 5.41) is 4.38. The average Bonchev–Trinajstić information content (AvgIpc) is 2.66. The van der Waals surface area contributed by atoms with Crippen molar-refractivity contribution in [2.75, 3.05) is 0 Å². The van der Waals surface area contributed by atoms with Crippen molar-refractivity contribution in [2.24, 2.45) is 0 Å². The third-order valence-corrected chi connectivity index (χ3v) is 3.28. The predicted molar refractivity (Wildman–Crippen MR) is 56.5 cm³/mol. The first-order valence-corrected chi connectivity index (χ1v) is 5.32. The molecule has 2 nitrogen and oxygen atoms in total. The highest BCUT2D eigenvalue weighted by atomic mass is 15.2. The van der Waals surface area contributed by atoms with Gasteiger partial charge < -0.3 is 0 Å². The Bertz CT molecular complexity index is 470. The molecule has 0 fully saturated rings. The number of aryl methyl sites for hydroxylation is 1. The molecule has 1 unspecified atom stereocenters. The normalized spacial score (nSPS) is 21.1. The lowest BCUT2D eigenvalue weighted by Crippen LogP contribution is -2.12. The zero-order chi connectivity index (χ0) is 9.54. The molecular formula is C12H14N2. The van der Waals surface area contributed by atoms with Crippen molar-refractivity contribution >= 4 is 5.52 Å². The van der Waals surface area contributed by atoms with Gasteiger partial charge in [0.05, 0.1) is 5.52 Å². The van der Waals surface area contributed by atoms with Crippen LogP contribution in [0.15, 0.2) is 24.4 Å². The third kappa shape index (κ3) is 0.999. The van der Waals surface area contributed by atoms with Crippen LogP contribution < -0.4 is 0 Å². The second-order valence-electron chi connectivity index (χ2n) is 4.20. The van der Waals surface area contributed by atoms with Crippen LogP contribution in [-0.2, 0) is 6.42 Å². The molecule has 1 atom stereocenters. The van der Waals surface area contributed by atoms with E-state index >= 15 is 0 Å². The monoisotopic (exact) mass is 186 g/mol. The van der Waals surface area contributed by atoms with E-state index in [0.717, 1.165) is 0 Å². The van der Waals surface area contributed by atoms with E-state index in [1.165, 1.54) is 36.0 Å². The molecule has 72 valence electrons. The SMILES string of the molecule is CC1CCCc2c1ccc1ccnn21. The summed E-state index contributed by atoms with van der Waals surface area (Å²) in [7, 11) is 0. The van der Waals surface area contributed by atoms with E-state index in [1.807, 2.05) is 6.20 Å². The molecule has 0 aromatic carbocycles. The Morgan fingerprint density at radius 2 is 2.29 bits per heavy atom. The number of hydrogen-bond donors (Lipinski definition) is 0. The highest BCUT2D eigenvalue weighted by Crippen LogP contribution is 2.31. The topological polar surface area (TPSA) is 17.3 Å².